The number of ether oxygens (including phenoxy) is 1. The van der Waals surface area contributed by atoms with E-state index in [0.717, 1.165) is 67.7 Å². The van der Waals surface area contributed by atoms with Gasteiger partial charge in [0.25, 0.3) is 0 Å². The van der Waals surface area contributed by atoms with E-state index in [1.165, 1.54) is 16.0 Å². The fourth-order valence-electron chi connectivity index (χ4n) is 3.93. The van der Waals surface area contributed by atoms with Gasteiger partial charge in [-0.15, -0.1) is 0 Å². The number of halogens is 1. The van der Waals surface area contributed by atoms with Crippen molar-refractivity contribution in [3.8, 4) is 5.75 Å². The number of fused-ring (bicyclic) bond motifs is 2. The van der Waals surface area contributed by atoms with E-state index in [1.807, 2.05) is 12.1 Å². The molecule has 1 aliphatic rings. The zero-order valence-corrected chi connectivity index (χ0v) is 20.3. The summed E-state index contributed by atoms with van der Waals surface area (Å²) in [5.74, 6) is 0.975. The molecule has 1 heterocycles. The maximum absolute atomic E-state index is 6.13. The Bertz CT molecular complexity index is 1050. The van der Waals surface area contributed by atoms with Crippen LogP contribution in [0.15, 0.2) is 59.5 Å². The minimum atomic E-state index is 0.747. The quantitative estimate of drug-likeness (QED) is 0.307. The molecule has 7 heteroatoms. The first-order chi connectivity index (χ1) is 15.6. The Labute approximate surface area is 200 Å². The Morgan fingerprint density at radius 3 is 2.84 bits per heavy atom. The second kappa shape index (κ2) is 11.1. The second-order valence-electron chi connectivity index (χ2n) is 7.93. The lowest BCUT2D eigenvalue weighted by Gasteiger charge is -2.27. The van der Waals surface area contributed by atoms with Crippen LogP contribution in [0.5, 0.6) is 5.75 Å². The third-order valence-electron chi connectivity index (χ3n) is 5.78. The highest BCUT2D eigenvalue weighted by molar-refractivity contribution is 7.97. The SMILES string of the molecule is CCN(CCNSc1ccc2c(c1)OCCN2C)CCNc1cccc2cc(Cl)ccc12. The van der Waals surface area contributed by atoms with Gasteiger partial charge in [0.15, 0.2) is 0 Å². The van der Waals surface area contributed by atoms with Gasteiger partial charge in [-0.1, -0.05) is 36.7 Å². The molecule has 0 radical (unpaired) electrons. The third-order valence-corrected chi connectivity index (χ3v) is 6.85. The van der Waals surface area contributed by atoms with E-state index in [2.05, 4.69) is 76.3 Å². The number of hydrogen-bond donors (Lipinski definition) is 2. The van der Waals surface area contributed by atoms with Crippen LogP contribution in [-0.4, -0.2) is 57.8 Å². The normalized spacial score (nSPS) is 13.3. The number of hydrogen-bond acceptors (Lipinski definition) is 6. The molecule has 0 saturated carbocycles. The van der Waals surface area contributed by atoms with Gasteiger partial charge in [0.05, 0.1) is 12.2 Å². The fraction of sp³-hybridized carbons (Fsp3) is 0.360. The Morgan fingerprint density at radius 1 is 1.09 bits per heavy atom. The molecule has 170 valence electrons. The van der Waals surface area contributed by atoms with E-state index in [9.17, 15) is 0 Å². The highest BCUT2D eigenvalue weighted by Crippen LogP contribution is 2.33. The molecule has 32 heavy (non-hydrogen) atoms. The summed E-state index contributed by atoms with van der Waals surface area (Å²) in [5.41, 5.74) is 2.32. The maximum atomic E-state index is 6.13. The second-order valence-corrected chi connectivity index (χ2v) is 9.33. The standard InChI is InChI=1S/C25H31ClN4OS/c1-3-30(13-11-27-23-6-4-5-19-17-20(26)7-9-22(19)23)14-12-28-32-21-8-10-24-25(18-21)31-16-15-29(24)2/h4-10,17-18,27-28H,3,11-16H2,1-2H3. The van der Waals surface area contributed by atoms with E-state index in [1.54, 1.807) is 11.9 Å². The van der Waals surface area contributed by atoms with Crippen molar-refractivity contribution in [3.05, 3.63) is 59.6 Å². The van der Waals surface area contributed by atoms with Crippen molar-refractivity contribution in [1.82, 2.24) is 9.62 Å². The van der Waals surface area contributed by atoms with E-state index in [-0.39, 0.29) is 0 Å². The number of benzene rings is 3. The lowest BCUT2D eigenvalue weighted by Crippen LogP contribution is -2.33. The number of anilines is 2. The van der Waals surface area contributed by atoms with Crippen LogP contribution in [0.4, 0.5) is 11.4 Å². The first-order valence-corrected chi connectivity index (χ1v) is 12.4. The zero-order chi connectivity index (χ0) is 22.3. The van der Waals surface area contributed by atoms with Gasteiger partial charge in [-0.3, -0.25) is 4.72 Å². The third kappa shape index (κ3) is 5.81. The van der Waals surface area contributed by atoms with Gasteiger partial charge in [-0.2, -0.15) is 0 Å². The number of nitrogens with zero attached hydrogens (tertiary/aromatic N) is 2. The van der Waals surface area contributed by atoms with Crippen LogP contribution in [0.25, 0.3) is 10.8 Å². The molecule has 0 fully saturated rings. The van der Waals surface area contributed by atoms with Crippen LogP contribution >= 0.6 is 23.5 Å². The summed E-state index contributed by atoms with van der Waals surface area (Å²) in [5, 5.41) is 6.73. The molecular weight excluding hydrogens is 440 g/mol. The Morgan fingerprint density at radius 2 is 1.97 bits per heavy atom. The largest absolute Gasteiger partial charge is 0.490 e. The molecular formula is C25H31ClN4OS. The van der Waals surface area contributed by atoms with Gasteiger partial charge < -0.3 is 19.9 Å². The van der Waals surface area contributed by atoms with Crippen LogP contribution in [-0.2, 0) is 0 Å². The van der Waals surface area contributed by atoms with E-state index in [4.69, 9.17) is 16.3 Å². The molecule has 0 aromatic heterocycles. The Kier molecular flexibility index (Phi) is 8.03. The summed E-state index contributed by atoms with van der Waals surface area (Å²) < 4.78 is 9.30. The molecule has 0 bridgehead atoms. The van der Waals surface area contributed by atoms with Gasteiger partial charge in [0, 0.05) is 54.2 Å². The maximum Gasteiger partial charge on any atom is 0.143 e. The zero-order valence-electron chi connectivity index (χ0n) is 18.7. The van der Waals surface area contributed by atoms with Gasteiger partial charge >= 0.3 is 0 Å². The van der Waals surface area contributed by atoms with E-state index in [0.29, 0.717) is 0 Å². The molecule has 0 unspecified atom stereocenters. The van der Waals surface area contributed by atoms with Crippen LogP contribution in [0, 0.1) is 0 Å². The molecule has 0 aliphatic carbocycles. The Hall–Kier alpha value is -2.12. The van der Waals surface area contributed by atoms with Gasteiger partial charge in [0.1, 0.15) is 12.4 Å². The molecule has 0 saturated heterocycles. The summed E-state index contributed by atoms with van der Waals surface area (Å²) in [6, 6.07) is 18.8. The monoisotopic (exact) mass is 470 g/mol. The molecule has 4 rings (SSSR count). The molecule has 0 spiro atoms. The highest BCUT2D eigenvalue weighted by Gasteiger charge is 2.15. The first-order valence-electron chi connectivity index (χ1n) is 11.2. The minimum Gasteiger partial charge on any atom is -0.490 e. The topological polar surface area (TPSA) is 39.8 Å². The van der Waals surface area contributed by atoms with Gasteiger partial charge in [0.2, 0.25) is 0 Å². The Balaban J connectivity index is 1.21. The van der Waals surface area contributed by atoms with Crippen LogP contribution < -0.4 is 19.7 Å². The van der Waals surface area contributed by atoms with Crippen molar-refractivity contribution >= 4 is 45.7 Å². The van der Waals surface area contributed by atoms with Crippen LogP contribution in [0.3, 0.4) is 0 Å². The summed E-state index contributed by atoms with van der Waals surface area (Å²) in [6.07, 6.45) is 0. The molecule has 2 N–H and O–H groups in total. The summed E-state index contributed by atoms with van der Waals surface area (Å²) >= 11 is 7.80. The van der Waals surface area contributed by atoms with E-state index >= 15 is 0 Å². The number of nitrogens with one attached hydrogen (secondary N) is 2. The minimum absolute atomic E-state index is 0.747. The molecule has 3 aromatic rings. The molecule has 1 aliphatic heterocycles. The van der Waals surface area contributed by atoms with Crippen molar-refractivity contribution in [3.63, 3.8) is 0 Å². The fourth-order valence-corrected chi connectivity index (χ4v) is 4.77. The smallest absolute Gasteiger partial charge is 0.143 e. The molecule has 3 aromatic carbocycles. The number of likely N-dealkylation sites (N-methyl/N-ethyl adjacent to an activating group) is 2. The van der Waals surface area contributed by atoms with Crippen molar-refractivity contribution in [2.24, 2.45) is 0 Å². The summed E-state index contributed by atoms with van der Waals surface area (Å²) in [6.45, 7) is 8.74. The highest BCUT2D eigenvalue weighted by atomic mass is 35.5. The summed E-state index contributed by atoms with van der Waals surface area (Å²) in [4.78, 5) is 5.87. The van der Waals surface area contributed by atoms with Crippen molar-refractivity contribution < 1.29 is 4.74 Å². The predicted octanol–water partition coefficient (Wildman–Crippen LogP) is 5.35. The molecule has 0 amide bonds. The average Bonchev–Trinajstić information content (AvgIpc) is 2.80. The summed E-state index contributed by atoms with van der Waals surface area (Å²) in [7, 11) is 2.11. The van der Waals surface area contributed by atoms with E-state index < -0.39 is 0 Å². The van der Waals surface area contributed by atoms with Crippen molar-refractivity contribution in [2.75, 3.05) is 63.1 Å². The number of rotatable bonds is 10. The van der Waals surface area contributed by atoms with Crippen molar-refractivity contribution in [1.29, 1.82) is 0 Å². The average molecular weight is 471 g/mol. The molecule has 5 nitrogen and oxygen atoms in total. The van der Waals surface area contributed by atoms with Gasteiger partial charge in [-0.25, -0.2) is 0 Å². The van der Waals surface area contributed by atoms with Crippen molar-refractivity contribution in [2.45, 2.75) is 11.8 Å². The van der Waals surface area contributed by atoms with Crippen LogP contribution in [0.1, 0.15) is 6.92 Å². The lowest BCUT2D eigenvalue weighted by molar-refractivity contribution is 0.305. The van der Waals surface area contributed by atoms with Crippen LogP contribution in [0.2, 0.25) is 5.02 Å². The predicted molar refractivity (Wildman–Crippen MR) is 139 cm³/mol. The first kappa shape index (κ1) is 23.1. The molecule has 0 atom stereocenters. The van der Waals surface area contributed by atoms with Gasteiger partial charge in [-0.05, 0) is 60.3 Å². The lowest BCUT2D eigenvalue weighted by atomic mass is 10.1.